The molecule has 2 aliphatic carbocycles. The fourth-order valence-corrected chi connectivity index (χ4v) is 17.6. The van der Waals surface area contributed by atoms with Crippen molar-refractivity contribution in [2.75, 3.05) is 0 Å². The van der Waals surface area contributed by atoms with Crippen LogP contribution in [0.25, 0.3) is 84.2 Å². The van der Waals surface area contributed by atoms with Crippen molar-refractivity contribution in [3.8, 4) is 52.5 Å². The topological polar surface area (TPSA) is 77.3 Å². The van der Waals surface area contributed by atoms with E-state index in [-0.39, 0.29) is 10.8 Å². The lowest BCUT2D eigenvalue weighted by Crippen LogP contribution is -2.27. The van der Waals surface area contributed by atoms with Crippen LogP contribution < -0.4 is 0 Å². The van der Waals surface area contributed by atoms with Gasteiger partial charge in [-0.25, -0.2) is 9.97 Å². The van der Waals surface area contributed by atoms with Gasteiger partial charge in [0.05, 0.1) is 33.2 Å². The van der Waals surface area contributed by atoms with Gasteiger partial charge in [0.15, 0.2) is 9.66 Å². The molecular weight excluding hydrogens is 973 g/mol. The Bertz CT molecular complexity index is 3250. The Morgan fingerprint density at radius 3 is 1.33 bits per heavy atom. The molecule has 6 nitrogen and oxygen atoms in total. The second-order valence-electron chi connectivity index (χ2n) is 20.5. The van der Waals surface area contributed by atoms with Crippen molar-refractivity contribution in [1.82, 2.24) is 27.5 Å². The Hall–Kier alpha value is -3.78. The number of unbranched alkanes of at least 4 members (excludes halogenated alkanes) is 12. The Kier molecular flexibility index (Phi) is 14.3. The van der Waals surface area contributed by atoms with Crippen LogP contribution in [0.3, 0.4) is 0 Å². The molecule has 12 heteroatoms. The minimum Gasteiger partial charge on any atom is -0.222 e. The molecule has 0 N–H and O–H groups in total. The fourth-order valence-electron chi connectivity index (χ4n) is 12.4. The van der Waals surface area contributed by atoms with Crippen LogP contribution in [0, 0.1) is 13.8 Å². The molecule has 6 aromatic heterocycles. The van der Waals surface area contributed by atoms with Crippen LogP contribution in [0.2, 0.25) is 0 Å². The quantitative estimate of drug-likeness (QED) is 0.0594. The number of benzene rings is 3. The highest BCUT2D eigenvalue weighted by Gasteiger charge is 2.50. The average molecular weight is 1040 g/mol. The maximum absolute atomic E-state index is 5.34. The monoisotopic (exact) mass is 1040 g/mol. The van der Waals surface area contributed by atoms with Crippen LogP contribution in [0.4, 0.5) is 0 Å². The first-order valence-electron chi connectivity index (χ1n) is 26.5. The van der Waals surface area contributed by atoms with E-state index in [0.29, 0.717) is 0 Å². The van der Waals surface area contributed by atoms with Crippen LogP contribution in [0.1, 0.15) is 189 Å². The fraction of sp³-hybridized carbons (Fsp3) is 0.483. The summed E-state index contributed by atoms with van der Waals surface area (Å²) in [5.41, 5.74) is 18.2. The molecule has 0 radical (unpaired) electrons. The molecule has 0 amide bonds. The highest BCUT2D eigenvalue weighted by molar-refractivity contribution is 7.32. The van der Waals surface area contributed by atoms with Gasteiger partial charge in [0.1, 0.15) is 32.1 Å². The zero-order valence-corrected chi connectivity index (χ0v) is 46.8. The number of rotatable bonds is 23. The van der Waals surface area contributed by atoms with E-state index in [1.165, 1.54) is 214 Å². The molecule has 0 saturated heterocycles. The lowest BCUT2D eigenvalue weighted by molar-refractivity contribution is 0.397. The van der Waals surface area contributed by atoms with Gasteiger partial charge in [0.25, 0.3) is 0 Å². The summed E-state index contributed by atoms with van der Waals surface area (Å²) in [6.45, 7) is 13.8. The summed E-state index contributed by atoms with van der Waals surface area (Å²) in [6.07, 6.45) is 24.6. The summed E-state index contributed by atoms with van der Waals surface area (Å²) in [4.78, 5) is 17.3. The maximum Gasteiger partial charge on any atom is 0.155 e. The number of thiophene rings is 2. The molecule has 0 spiro atoms. The van der Waals surface area contributed by atoms with Crippen molar-refractivity contribution in [3.05, 3.63) is 81.2 Å². The first kappa shape index (κ1) is 48.5. The van der Waals surface area contributed by atoms with Gasteiger partial charge >= 0.3 is 0 Å². The first-order valence-corrected chi connectivity index (χ1v) is 31.3. The second-order valence-corrected chi connectivity index (χ2v) is 25.8. The molecule has 0 fully saturated rings. The first-order chi connectivity index (χ1) is 34.3. The minimum atomic E-state index is -0.143. The van der Waals surface area contributed by atoms with E-state index in [4.69, 9.17) is 27.5 Å². The molecule has 0 bridgehead atoms. The zero-order chi connectivity index (χ0) is 48.0. The molecular formula is C58H66N6S6. The summed E-state index contributed by atoms with van der Waals surface area (Å²) < 4.78 is 20.7. The Morgan fingerprint density at radius 1 is 0.400 bits per heavy atom. The van der Waals surface area contributed by atoms with Crippen molar-refractivity contribution in [1.29, 1.82) is 0 Å². The largest absolute Gasteiger partial charge is 0.222 e. The van der Waals surface area contributed by atoms with E-state index < -0.39 is 0 Å². The van der Waals surface area contributed by atoms with E-state index in [2.05, 4.69) is 90.1 Å². The van der Waals surface area contributed by atoms with Crippen molar-refractivity contribution in [2.45, 2.75) is 181 Å². The molecule has 3 aromatic carbocycles. The third-order valence-corrected chi connectivity index (χ3v) is 21.4. The summed E-state index contributed by atoms with van der Waals surface area (Å²) in [5.74, 6) is 0. The van der Waals surface area contributed by atoms with Gasteiger partial charge in [-0.2, -0.15) is 17.5 Å². The number of aromatic nitrogens is 6. The van der Waals surface area contributed by atoms with E-state index in [1.807, 2.05) is 11.3 Å². The van der Waals surface area contributed by atoms with Crippen molar-refractivity contribution in [2.24, 2.45) is 0 Å². The summed E-state index contributed by atoms with van der Waals surface area (Å²) in [7, 11) is 0. The van der Waals surface area contributed by atoms with Crippen LogP contribution in [0.5, 0.6) is 0 Å². The third-order valence-electron chi connectivity index (χ3n) is 15.9. The number of fused-ring (bicyclic) bond motifs is 11. The summed E-state index contributed by atoms with van der Waals surface area (Å²) >= 11 is 9.84. The van der Waals surface area contributed by atoms with Crippen LogP contribution in [-0.2, 0) is 10.8 Å². The number of hydrogen-bond acceptors (Lipinski definition) is 12. The highest BCUT2D eigenvalue weighted by Crippen LogP contribution is 2.63. The zero-order valence-electron chi connectivity index (χ0n) is 41.9. The molecule has 6 heterocycles. The molecule has 0 unspecified atom stereocenters. The van der Waals surface area contributed by atoms with Gasteiger partial charge in [-0.1, -0.05) is 159 Å². The standard InChI is InChI=1S/C58H66N6S6/c1-7-11-15-19-27-57(28-20-16-12-8-2)40-33-38-41(32-37(40)47-42(57)31-35(5)49-51(47)63-69-61-49)58(29-21-17-13-9-3,30-22-18-14-10-4)43-34-39(50-52(48(38)43)64-70-62-50)44-25-26-46(66-44)54-60-56-55(68-54)59-53(67-56)45-24-23-36(6)65-45/h23-26,31-34H,7-22,27-30H2,1-6H3. The predicted molar refractivity (Wildman–Crippen MR) is 306 cm³/mol. The number of thiazole rings is 2. The van der Waals surface area contributed by atoms with Gasteiger partial charge in [-0.05, 0) is 121 Å². The Morgan fingerprint density at radius 2 is 0.829 bits per heavy atom. The molecule has 0 atom stereocenters. The minimum absolute atomic E-state index is 0.0748. The predicted octanol–water partition coefficient (Wildman–Crippen LogP) is 19.9. The number of hydrogen-bond donors (Lipinski definition) is 0. The molecule has 70 heavy (non-hydrogen) atoms. The second kappa shape index (κ2) is 20.6. The van der Waals surface area contributed by atoms with E-state index in [0.717, 1.165) is 54.6 Å². The lowest BCUT2D eigenvalue weighted by atomic mass is 9.68. The van der Waals surface area contributed by atoms with Gasteiger partial charge in [0.2, 0.25) is 0 Å². The number of nitrogens with zero attached hydrogens (tertiary/aromatic N) is 6. The van der Waals surface area contributed by atoms with Gasteiger partial charge < -0.3 is 0 Å². The van der Waals surface area contributed by atoms with Crippen molar-refractivity contribution < 1.29 is 0 Å². The normalized spacial score (nSPS) is 14.4. The Balaban J connectivity index is 1.10. The molecule has 364 valence electrons. The Labute approximate surface area is 439 Å². The maximum atomic E-state index is 5.34. The summed E-state index contributed by atoms with van der Waals surface area (Å²) in [6, 6.07) is 19.6. The molecule has 2 aliphatic rings. The van der Waals surface area contributed by atoms with E-state index in [1.54, 1.807) is 34.0 Å². The van der Waals surface area contributed by atoms with Gasteiger partial charge in [-0.15, -0.1) is 22.7 Å². The summed E-state index contributed by atoms with van der Waals surface area (Å²) in [5, 5.41) is 2.11. The van der Waals surface area contributed by atoms with Crippen LogP contribution in [0.15, 0.2) is 48.5 Å². The highest BCUT2D eigenvalue weighted by atomic mass is 32.1. The van der Waals surface area contributed by atoms with Crippen LogP contribution in [-0.4, -0.2) is 27.5 Å². The third kappa shape index (κ3) is 8.46. The molecule has 9 aromatic rings. The van der Waals surface area contributed by atoms with Gasteiger partial charge in [0, 0.05) is 37.3 Å². The average Bonchev–Trinajstić information content (AvgIpc) is 4.23. The molecule has 0 saturated carbocycles. The van der Waals surface area contributed by atoms with Gasteiger partial charge in [-0.3, -0.25) is 0 Å². The molecule has 0 aliphatic heterocycles. The smallest absolute Gasteiger partial charge is 0.155 e. The van der Waals surface area contributed by atoms with E-state index in [9.17, 15) is 0 Å². The molecule has 11 rings (SSSR count). The van der Waals surface area contributed by atoms with Crippen molar-refractivity contribution >= 4 is 101 Å². The van der Waals surface area contributed by atoms with E-state index >= 15 is 0 Å². The number of aryl methyl sites for hydroxylation is 2. The van der Waals surface area contributed by atoms with Crippen molar-refractivity contribution in [3.63, 3.8) is 0 Å². The van der Waals surface area contributed by atoms with Crippen LogP contribution >= 0.6 is 68.8 Å². The SMILES string of the molecule is CCCCCCC1(CCCCCC)c2cc3c(cc2-c2c1cc(C)c1nsnc21)C(CCCCCC)(CCCCCC)c1cc(-c2ccc(-c4nc5sc(-c6ccc(C)s6)nc5s4)s2)c2nsnc2c1-3. The lowest BCUT2D eigenvalue weighted by Gasteiger charge is -2.35.